The molecule has 4 heteroatoms. The summed E-state index contributed by atoms with van der Waals surface area (Å²) in [4.78, 5) is 2.52. The molecule has 1 heterocycles. The van der Waals surface area contributed by atoms with Gasteiger partial charge in [0.15, 0.2) is 11.5 Å². The van der Waals surface area contributed by atoms with E-state index in [1.807, 2.05) is 13.1 Å². The van der Waals surface area contributed by atoms with Crippen LogP contribution in [-0.4, -0.2) is 45.8 Å². The van der Waals surface area contributed by atoms with Gasteiger partial charge in [-0.2, -0.15) is 0 Å². The molecule has 1 saturated heterocycles. The molecule has 1 aromatic rings. The standard InChI is InChI=1S/C16H26N2O2/c1-17-11-13-6-8-18(9-7-13)12-14-4-5-15(19-2)16(10-14)20-3/h4-5,10,13,17H,6-9,11-12H2,1-3H3. The van der Waals surface area contributed by atoms with Gasteiger partial charge in [-0.05, 0) is 63.1 Å². The number of likely N-dealkylation sites (tertiary alicyclic amines) is 1. The van der Waals surface area contributed by atoms with Gasteiger partial charge in [0.25, 0.3) is 0 Å². The number of ether oxygens (including phenoxy) is 2. The number of methoxy groups -OCH3 is 2. The van der Waals surface area contributed by atoms with Gasteiger partial charge in [-0.3, -0.25) is 4.90 Å². The fourth-order valence-corrected chi connectivity index (χ4v) is 2.87. The van der Waals surface area contributed by atoms with Crippen LogP contribution in [0.2, 0.25) is 0 Å². The Morgan fingerprint density at radius 1 is 1.15 bits per heavy atom. The molecule has 0 atom stereocenters. The van der Waals surface area contributed by atoms with Crippen LogP contribution in [0.25, 0.3) is 0 Å². The number of rotatable bonds is 6. The molecule has 1 N–H and O–H groups in total. The minimum Gasteiger partial charge on any atom is -0.493 e. The minimum atomic E-state index is 0.795. The second kappa shape index (κ2) is 7.50. The van der Waals surface area contributed by atoms with Crippen LogP contribution in [0.4, 0.5) is 0 Å². The summed E-state index contributed by atoms with van der Waals surface area (Å²) < 4.78 is 10.6. The van der Waals surface area contributed by atoms with E-state index in [0.29, 0.717) is 0 Å². The maximum Gasteiger partial charge on any atom is 0.161 e. The highest BCUT2D eigenvalue weighted by Gasteiger charge is 2.18. The van der Waals surface area contributed by atoms with Crippen molar-refractivity contribution < 1.29 is 9.47 Å². The Hall–Kier alpha value is -1.26. The lowest BCUT2D eigenvalue weighted by Crippen LogP contribution is -2.36. The number of nitrogens with zero attached hydrogens (tertiary/aromatic N) is 1. The van der Waals surface area contributed by atoms with Crippen molar-refractivity contribution in [3.05, 3.63) is 23.8 Å². The van der Waals surface area contributed by atoms with Gasteiger partial charge in [0, 0.05) is 6.54 Å². The Bertz CT molecular complexity index is 415. The van der Waals surface area contributed by atoms with Gasteiger partial charge in [0.2, 0.25) is 0 Å². The van der Waals surface area contributed by atoms with E-state index in [9.17, 15) is 0 Å². The molecule has 1 fully saturated rings. The normalized spacial score (nSPS) is 17.1. The average molecular weight is 278 g/mol. The van der Waals surface area contributed by atoms with Gasteiger partial charge in [-0.25, -0.2) is 0 Å². The zero-order valence-electron chi connectivity index (χ0n) is 12.8. The monoisotopic (exact) mass is 278 g/mol. The quantitative estimate of drug-likeness (QED) is 0.864. The molecule has 2 rings (SSSR count). The molecule has 0 spiro atoms. The van der Waals surface area contributed by atoms with Gasteiger partial charge in [-0.15, -0.1) is 0 Å². The summed E-state index contributed by atoms with van der Waals surface area (Å²) >= 11 is 0. The van der Waals surface area contributed by atoms with Crippen LogP contribution in [-0.2, 0) is 6.54 Å². The first kappa shape index (κ1) is 15.1. The highest BCUT2D eigenvalue weighted by Crippen LogP contribution is 2.28. The van der Waals surface area contributed by atoms with E-state index in [1.54, 1.807) is 14.2 Å². The third-order valence-corrected chi connectivity index (χ3v) is 4.05. The molecule has 0 aliphatic carbocycles. The third-order valence-electron chi connectivity index (χ3n) is 4.05. The van der Waals surface area contributed by atoms with E-state index >= 15 is 0 Å². The maximum absolute atomic E-state index is 5.36. The fraction of sp³-hybridized carbons (Fsp3) is 0.625. The summed E-state index contributed by atoms with van der Waals surface area (Å²) in [7, 11) is 5.39. The van der Waals surface area contributed by atoms with Crippen molar-refractivity contribution in [2.24, 2.45) is 5.92 Å². The fourth-order valence-electron chi connectivity index (χ4n) is 2.87. The van der Waals surface area contributed by atoms with Crippen LogP contribution in [0.3, 0.4) is 0 Å². The van der Waals surface area contributed by atoms with Crippen molar-refractivity contribution in [1.82, 2.24) is 10.2 Å². The van der Waals surface area contributed by atoms with E-state index in [1.165, 1.54) is 31.5 Å². The van der Waals surface area contributed by atoms with Gasteiger partial charge < -0.3 is 14.8 Å². The number of benzene rings is 1. The van der Waals surface area contributed by atoms with Crippen molar-refractivity contribution in [1.29, 1.82) is 0 Å². The van der Waals surface area contributed by atoms with E-state index in [-0.39, 0.29) is 0 Å². The van der Waals surface area contributed by atoms with Crippen LogP contribution in [0.5, 0.6) is 11.5 Å². The largest absolute Gasteiger partial charge is 0.493 e. The molecule has 20 heavy (non-hydrogen) atoms. The number of hydrogen-bond acceptors (Lipinski definition) is 4. The predicted molar refractivity (Wildman–Crippen MR) is 81.5 cm³/mol. The molecule has 4 nitrogen and oxygen atoms in total. The van der Waals surface area contributed by atoms with Crippen LogP contribution in [0.1, 0.15) is 18.4 Å². The molecule has 1 aromatic carbocycles. The van der Waals surface area contributed by atoms with Crippen LogP contribution >= 0.6 is 0 Å². The molecule has 112 valence electrons. The van der Waals surface area contributed by atoms with E-state index in [0.717, 1.165) is 30.5 Å². The predicted octanol–water partition coefficient (Wildman–Crippen LogP) is 2.14. The molecule has 0 saturated carbocycles. The molecule has 0 bridgehead atoms. The lowest BCUT2D eigenvalue weighted by molar-refractivity contribution is 0.176. The van der Waals surface area contributed by atoms with Crippen molar-refractivity contribution in [2.45, 2.75) is 19.4 Å². The molecule has 0 radical (unpaired) electrons. The first-order valence-corrected chi connectivity index (χ1v) is 7.34. The third kappa shape index (κ3) is 3.87. The molecule has 0 unspecified atom stereocenters. The van der Waals surface area contributed by atoms with Gasteiger partial charge in [0.05, 0.1) is 14.2 Å². The van der Waals surface area contributed by atoms with E-state index in [2.05, 4.69) is 22.3 Å². The summed E-state index contributed by atoms with van der Waals surface area (Å²) in [6.45, 7) is 4.50. The van der Waals surface area contributed by atoms with Crippen molar-refractivity contribution >= 4 is 0 Å². The van der Waals surface area contributed by atoms with Crippen molar-refractivity contribution in [3.8, 4) is 11.5 Å². The minimum absolute atomic E-state index is 0.795. The number of piperidine rings is 1. The molecule has 0 aromatic heterocycles. The van der Waals surface area contributed by atoms with Crippen molar-refractivity contribution in [3.63, 3.8) is 0 Å². The molecular formula is C16H26N2O2. The molecule has 1 aliphatic heterocycles. The van der Waals surface area contributed by atoms with Crippen LogP contribution in [0.15, 0.2) is 18.2 Å². The highest BCUT2D eigenvalue weighted by atomic mass is 16.5. The Morgan fingerprint density at radius 2 is 1.85 bits per heavy atom. The number of nitrogens with one attached hydrogen (secondary N) is 1. The van der Waals surface area contributed by atoms with Crippen LogP contribution in [0, 0.1) is 5.92 Å². The average Bonchev–Trinajstić information content (AvgIpc) is 2.49. The molecule has 0 amide bonds. The maximum atomic E-state index is 5.36. The Morgan fingerprint density at radius 3 is 2.45 bits per heavy atom. The SMILES string of the molecule is CNCC1CCN(Cc2ccc(OC)c(OC)c2)CC1. The van der Waals surface area contributed by atoms with E-state index < -0.39 is 0 Å². The Balaban J connectivity index is 1.91. The first-order chi connectivity index (χ1) is 9.76. The smallest absolute Gasteiger partial charge is 0.161 e. The van der Waals surface area contributed by atoms with E-state index in [4.69, 9.17) is 9.47 Å². The second-order valence-corrected chi connectivity index (χ2v) is 5.47. The summed E-state index contributed by atoms with van der Waals surface area (Å²) in [5.74, 6) is 2.45. The highest BCUT2D eigenvalue weighted by molar-refractivity contribution is 5.42. The Labute approximate surface area is 122 Å². The lowest BCUT2D eigenvalue weighted by atomic mass is 9.96. The van der Waals surface area contributed by atoms with Gasteiger partial charge in [0.1, 0.15) is 0 Å². The Kier molecular flexibility index (Phi) is 5.68. The summed E-state index contributed by atoms with van der Waals surface area (Å²) in [5.41, 5.74) is 1.29. The first-order valence-electron chi connectivity index (χ1n) is 7.34. The second-order valence-electron chi connectivity index (χ2n) is 5.47. The summed E-state index contributed by atoms with van der Waals surface area (Å²) in [5, 5.41) is 3.28. The van der Waals surface area contributed by atoms with Gasteiger partial charge in [-0.1, -0.05) is 6.07 Å². The van der Waals surface area contributed by atoms with Crippen molar-refractivity contribution in [2.75, 3.05) is 40.9 Å². The summed E-state index contributed by atoms with van der Waals surface area (Å²) in [6, 6.07) is 6.20. The number of hydrogen-bond donors (Lipinski definition) is 1. The lowest BCUT2D eigenvalue weighted by Gasteiger charge is -2.32. The summed E-state index contributed by atoms with van der Waals surface area (Å²) in [6.07, 6.45) is 2.57. The zero-order valence-corrected chi connectivity index (χ0v) is 12.8. The zero-order chi connectivity index (χ0) is 14.4. The van der Waals surface area contributed by atoms with Gasteiger partial charge >= 0.3 is 0 Å². The molecule has 1 aliphatic rings. The topological polar surface area (TPSA) is 33.7 Å². The molecular weight excluding hydrogens is 252 g/mol. The van der Waals surface area contributed by atoms with Crippen LogP contribution < -0.4 is 14.8 Å².